The molecule has 0 amide bonds. The predicted molar refractivity (Wildman–Crippen MR) is 429 cm³/mol. The van der Waals surface area contributed by atoms with Crippen molar-refractivity contribution in [3.63, 3.8) is 0 Å². The van der Waals surface area contributed by atoms with Crippen LogP contribution in [0.25, 0.3) is 0 Å². The molecule has 0 aromatic heterocycles. The summed E-state index contributed by atoms with van der Waals surface area (Å²) in [4.78, 5) is 38.2. The summed E-state index contributed by atoms with van der Waals surface area (Å²) in [5, 5.41) is 0. The van der Waals surface area contributed by atoms with Gasteiger partial charge in [-0.1, -0.05) is 413 Å². The molecule has 0 heterocycles. The van der Waals surface area contributed by atoms with Crippen LogP contribution in [0.4, 0.5) is 0 Å². The van der Waals surface area contributed by atoms with Gasteiger partial charge in [-0.2, -0.15) is 0 Å². The van der Waals surface area contributed by atoms with Crippen LogP contribution in [0.1, 0.15) is 406 Å². The van der Waals surface area contributed by atoms with Gasteiger partial charge in [-0.3, -0.25) is 14.2 Å². The fourth-order valence-corrected chi connectivity index (χ4v) is 13.2. The van der Waals surface area contributed by atoms with Crippen LogP contribution in [-0.4, -0.2) is 70.0 Å². The second-order valence-electron chi connectivity index (χ2n) is 29.8. The third-order valence-electron chi connectivity index (χ3n) is 18.9. The molecule has 0 aliphatic rings. The smallest absolute Gasteiger partial charge is 0.306 e. The Balaban J connectivity index is 3.92. The quantitative estimate of drug-likeness (QED) is 0.0195. The first kappa shape index (κ1) is 95.9. The number of phosphoric acid groups is 1. The summed E-state index contributed by atoms with van der Waals surface area (Å²) >= 11 is 0. The number of esters is 2. The first-order valence-electron chi connectivity index (χ1n) is 42.4. The average Bonchev–Trinajstić information content (AvgIpc) is 0.987. The number of hydrogen-bond donors (Lipinski definition) is 0. The standard InChI is InChI=1S/C89H162NO8P/c1-6-8-10-12-14-16-18-20-22-24-26-28-30-32-34-36-38-40-42-43-44-45-46-47-48-50-52-54-56-58-60-62-64-66-68-70-72-74-76-78-80-82-89(92)98-87(86-97-99(93,94)96-84-83-90(3,4)5)85-95-88(91)81-79-77-75-73-71-69-67-65-63-61-59-57-55-53-51-49-41-39-37-35-33-31-29-27-25-23-21-19-17-15-13-11-9-7-2/h8,10,14,16,20,22,26,28,32,34,38,40,43-44,46-47,87H,6-7,9,11-13,15,17-19,21,23-25,27,29-31,33,35-37,39,41-42,45,48-86H2,1-5H3/b10-8-,16-14-,22-20-,28-26-,34-32-,40-38-,44-43-,47-46-. The number of likely N-dealkylation sites (N-methyl/N-ethyl adjacent to an activating group) is 1. The van der Waals surface area contributed by atoms with Gasteiger partial charge >= 0.3 is 11.9 Å². The number of phosphoric ester groups is 1. The number of ether oxygens (including phenoxy) is 2. The normalized spacial score (nSPS) is 13.5. The lowest BCUT2D eigenvalue weighted by molar-refractivity contribution is -0.870. The summed E-state index contributed by atoms with van der Waals surface area (Å²) < 4.78 is 34.5. The highest BCUT2D eigenvalue weighted by molar-refractivity contribution is 7.45. The number of quaternary nitrogens is 1. The van der Waals surface area contributed by atoms with Crippen LogP contribution in [0.2, 0.25) is 0 Å². The molecular weight excluding hydrogens is 1240 g/mol. The van der Waals surface area contributed by atoms with Crippen LogP contribution in [0, 0.1) is 0 Å². The van der Waals surface area contributed by atoms with Gasteiger partial charge in [-0.25, -0.2) is 0 Å². The number of nitrogens with zero attached hydrogens (tertiary/aromatic N) is 1. The van der Waals surface area contributed by atoms with E-state index in [1.807, 2.05) is 21.1 Å². The van der Waals surface area contributed by atoms with E-state index in [0.29, 0.717) is 17.4 Å². The molecule has 2 unspecified atom stereocenters. The highest BCUT2D eigenvalue weighted by Gasteiger charge is 2.22. The molecule has 99 heavy (non-hydrogen) atoms. The molecule has 0 aromatic carbocycles. The minimum absolute atomic E-state index is 0.0307. The number of rotatable bonds is 79. The zero-order valence-electron chi connectivity index (χ0n) is 65.9. The van der Waals surface area contributed by atoms with Gasteiger partial charge in [0.05, 0.1) is 27.7 Å². The Labute approximate surface area is 614 Å². The maximum atomic E-state index is 12.9. The van der Waals surface area contributed by atoms with Gasteiger partial charge in [0.25, 0.3) is 7.82 Å². The molecular formula is C89H162NO8P. The number of allylic oxidation sites excluding steroid dienone is 16. The van der Waals surface area contributed by atoms with Crippen LogP contribution >= 0.6 is 7.82 Å². The molecule has 0 aliphatic heterocycles. The molecule has 0 aromatic rings. The van der Waals surface area contributed by atoms with Gasteiger partial charge in [0.2, 0.25) is 0 Å². The molecule has 0 rings (SSSR count). The Kier molecular flexibility index (Phi) is 76.6. The second-order valence-corrected chi connectivity index (χ2v) is 31.2. The van der Waals surface area contributed by atoms with E-state index in [-0.39, 0.29) is 32.0 Å². The maximum absolute atomic E-state index is 12.9. The van der Waals surface area contributed by atoms with Crippen LogP contribution in [0.3, 0.4) is 0 Å². The Morgan fingerprint density at radius 2 is 0.576 bits per heavy atom. The lowest BCUT2D eigenvalue weighted by atomic mass is 10.0. The highest BCUT2D eigenvalue weighted by Crippen LogP contribution is 2.38. The third-order valence-corrected chi connectivity index (χ3v) is 19.8. The van der Waals surface area contributed by atoms with Gasteiger partial charge in [0.1, 0.15) is 19.8 Å². The Morgan fingerprint density at radius 3 is 0.859 bits per heavy atom. The topological polar surface area (TPSA) is 111 Å². The molecule has 0 saturated heterocycles. The predicted octanol–water partition coefficient (Wildman–Crippen LogP) is 27.9. The van der Waals surface area contributed by atoms with Crippen molar-refractivity contribution in [2.24, 2.45) is 0 Å². The Hall–Kier alpha value is -3.07. The molecule has 10 heteroatoms. The largest absolute Gasteiger partial charge is 0.756 e. The third kappa shape index (κ3) is 83.8. The average molecular weight is 1410 g/mol. The van der Waals surface area contributed by atoms with Crippen molar-refractivity contribution in [1.82, 2.24) is 0 Å². The lowest BCUT2D eigenvalue weighted by Crippen LogP contribution is -2.37. The summed E-state index contributed by atoms with van der Waals surface area (Å²) in [5.74, 6) is -0.815. The van der Waals surface area contributed by atoms with E-state index in [2.05, 4.69) is 111 Å². The van der Waals surface area contributed by atoms with Crippen LogP contribution in [-0.2, 0) is 32.7 Å². The first-order chi connectivity index (χ1) is 48.5. The van der Waals surface area contributed by atoms with E-state index >= 15 is 0 Å². The van der Waals surface area contributed by atoms with Gasteiger partial charge in [-0.05, 0) is 77.0 Å². The number of unbranched alkanes of at least 4 members (excludes halogenated alkanes) is 49. The zero-order valence-corrected chi connectivity index (χ0v) is 66.8. The van der Waals surface area contributed by atoms with Crippen molar-refractivity contribution in [1.29, 1.82) is 0 Å². The fraction of sp³-hybridized carbons (Fsp3) is 0.798. The second kappa shape index (κ2) is 79.1. The fourth-order valence-electron chi connectivity index (χ4n) is 12.4. The van der Waals surface area contributed by atoms with E-state index in [0.717, 1.165) is 89.9 Å². The molecule has 2 atom stereocenters. The summed E-state index contributed by atoms with van der Waals surface area (Å²) in [7, 11) is 1.18. The minimum atomic E-state index is -4.65. The Morgan fingerprint density at radius 1 is 0.323 bits per heavy atom. The SMILES string of the molecule is CC/C=C\C/C=C\C/C=C\C/C=C\C/C=C\C/C=C\C/C=C\C/C=C\CCCCCCCCCCCCCCCCCCC(=O)OC(COC(=O)CCCCCCCCCCCCCCCCCCCCCCCCCCCCCCCCCCCC)COP(=O)([O-])OCC[N+](C)(C)C. The van der Waals surface area contributed by atoms with Crippen molar-refractivity contribution < 1.29 is 42.1 Å². The first-order valence-corrected chi connectivity index (χ1v) is 43.9. The molecule has 0 bridgehead atoms. The van der Waals surface area contributed by atoms with Crippen molar-refractivity contribution >= 4 is 19.8 Å². The number of carbonyl (C=O) groups is 2. The molecule has 0 radical (unpaired) electrons. The van der Waals surface area contributed by atoms with Crippen molar-refractivity contribution in [2.45, 2.75) is 412 Å². The van der Waals surface area contributed by atoms with Gasteiger partial charge < -0.3 is 27.9 Å². The van der Waals surface area contributed by atoms with Crippen molar-refractivity contribution in [2.75, 3.05) is 47.5 Å². The Bertz CT molecular complexity index is 2000. The van der Waals surface area contributed by atoms with E-state index < -0.39 is 26.5 Å². The van der Waals surface area contributed by atoms with Crippen LogP contribution in [0.5, 0.6) is 0 Å². The van der Waals surface area contributed by atoms with Crippen LogP contribution < -0.4 is 4.89 Å². The molecule has 0 spiro atoms. The molecule has 0 N–H and O–H groups in total. The zero-order chi connectivity index (χ0) is 71.8. The number of carbonyl (C=O) groups excluding carboxylic acids is 2. The molecule has 0 fully saturated rings. The van der Waals surface area contributed by atoms with E-state index in [1.165, 1.54) is 283 Å². The van der Waals surface area contributed by atoms with Crippen molar-refractivity contribution in [3.05, 3.63) is 97.2 Å². The van der Waals surface area contributed by atoms with Gasteiger partial charge in [-0.15, -0.1) is 0 Å². The monoisotopic (exact) mass is 1400 g/mol. The molecule has 0 aliphatic carbocycles. The molecule has 0 saturated carbocycles. The van der Waals surface area contributed by atoms with Crippen LogP contribution in [0.15, 0.2) is 97.2 Å². The molecule has 576 valence electrons. The van der Waals surface area contributed by atoms with Gasteiger partial charge in [0.15, 0.2) is 6.10 Å². The van der Waals surface area contributed by atoms with Crippen molar-refractivity contribution in [3.8, 4) is 0 Å². The summed E-state index contributed by atoms with van der Waals surface area (Å²) in [6.45, 7) is 4.19. The minimum Gasteiger partial charge on any atom is -0.756 e. The highest BCUT2D eigenvalue weighted by atomic mass is 31.2. The van der Waals surface area contributed by atoms with E-state index in [4.69, 9.17) is 18.5 Å². The van der Waals surface area contributed by atoms with E-state index in [9.17, 15) is 19.0 Å². The molecule has 9 nitrogen and oxygen atoms in total. The lowest BCUT2D eigenvalue weighted by Gasteiger charge is -2.28. The maximum Gasteiger partial charge on any atom is 0.306 e. The van der Waals surface area contributed by atoms with Gasteiger partial charge in [0, 0.05) is 12.8 Å². The summed E-state index contributed by atoms with van der Waals surface area (Å²) in [6, 6.07) is 0. The summed E-state index contributed by atoms with van der Waals surface area (Å²) in [5.41, 5.74) is 0. The summed E-state index contributed by atoms with van der Waals surface area (Å²) in [6.07, 6.45) is 111. The number of hydrogen-bond acceptors (Lipinski definition) is 8. The van der Waals surface area contributed by atoms with E-state index in [1.54, 1.807) is 0 Å².